The molecule has 0 aliphatic carbocycles. The summed E-state index contributed by atoms with van der Waals surface area (Å²) in [6, 6.07) is 31.9. The number of pyridine rings is 2. The molecule has 0 N–H and O–H groups in total. The second-order valence-corrected chi connectivity index (χ2v) is 7.13. The first-order valence-electron chi connectivity index (χ1n) is 9.43. The lowest BCUT2D eigenvalue weighted by Crippen LogP contribution is -1.88. The number of nitrogens with zero attached hydrogens (tertiary/aromatic N) is 2. The highest BCUT2D eigenvalue weighted by molar-refractivity contribution is 6.08. The van der Waals surface area contributed by atoms with Crippen molar-refractivity contribution in [3.8, 4) is 11.3 Å². The third-order valence-corrected chi connectivity index (χ3v) is 5.47. The molecule has 2 heteroatoms. The molecule has 0 atom stereocenters. The van der Waals surface area contributed by atoms with Crippen molar-refractivity contribution in [1.29, 1.82) is 0 Å². The van der Waals surface area contributed by atoms with Gasteiger partial charge in [0.05, 0.1) is 16.7 Å². The predicted octanol–water partition coefficient (Wildman–Crippen LogP) is 6.76. The Morgan fingerprint density at radius 1 is 0.500 bits per heavy atom. The van der Waals surface area contributed by atoms with Gasteiger partial charge < -0.3 is 0 Å². The van der Waals surface area contributed by atoms with Crippen LogP contribution in [-0.2, 0) is 0 Å². The Morgan fingerprint density at radius 3 is 2.11 bits per heavy atom. The molecule has 0 amide bonds. The van der Waals surface area contributed by atoms with Gasteiger partial charge in [-0.25, -0.2) is 4.98 Å². The van der Waals surface area contributed by atoms with E-state index < -0.39 is 0 Å². The molecule has 0 aliphatic rings. The average molecular weight is 356 g/mol. The maximum absolute atomic E-state index is 5.04. The molecule has 0 unspecified atom stereocenters. The van der Waals surface area contributed by atoms with Gasteiger partial charge in [-0.15, -0.1) is 0 Å². The number of aromatic nitrogens is 2. The molecule has 2 aromatic heterocycles. The SMILES string of the molecule is c1ccc2c(c1)ccc1ccc(-c3ccc4ccc5cccnc5c4c3)nc12. The molecule has 6 rings (SSSR count). The number of rotatable bonds is 1. The maximum Gasteiger partial charge on any atom is 0.0787 e. The van der Waals surface area contributed by atoms with Crippen molar-refractivity contribution in [2.45, 2.75) is 0 Å². The van der Waals surface area contributed by atoms with Crippen LogP contribution in [0.25, 0.3) is 54.6 Å². The van der Waals surface area contributed by atoms with E-state index in [1.165, 1.54) is 16.2 Å². The summed E-state index contributed by atoms with van der Waals surface area (Å²) in [5.41, 5.74) is 4.18. The molecule has 6 aromatic rings. The lowest BCUT2D eigenvalue weighted by molar-refractivity contribution is 1.41. The number of hydrogen-bond donors (Lipinski definition) is 0. The minimum absolute atomic E-state index is 0.985. The van der Waals surface area contributed by atoms with Gasteiger partial charge in [-0.3, -0.25) is 4.98 Å². The van der Waals surface area contributed by atoms with Crippen molar-refractivity contribution in [2.24, 2.45) is 0 Å². The molecular formula is C26H16N2. The van der Waals surface area contributed by atoms with Crippen molar-refractivity contribution in [1.82, 2.24) is 9.97 Å². The smallest absolute Gasteiger partial charge is 0.0787 e. The molecule has 0 bridgehead atoms. The number of fused-ring (bicyclic) bond motifs is 6. The lowest BCUT2D eigenvalue weighted by Gasteiger charge is -2.08. The van der Waals surface area contributed by atoms with Crippen molar-refractivity contribution >= 4 is 43.4 Å². The van der Waals surface area contributed by atoms with Gasteiger partial charge in [0.2, 0.25) is 0 Å². The summed E-state index contributed by atoms with van der Waals surface area (Å²) >= 11 is 0. The second-order valence-electron chi connectivity index (χ2n) is 7.13. The topological polar surface area (TPSA) is 25.8 Å². The van der Waals surface area contributed by atoms with E-state index in [4.69, 9.17) is 4.98 Å². The fourth-order valence-electron chi connectivity index (χ4n) is 4.04. The Morgan fingerprint density at radius 2 is 1.18 bits per heavy atom. The third kappa shape index (κ3) is 2.28. The molecule has 0 fully saturated rings. The van der Waals surface area contributed by atoms with E-state index in [0.29, 0.717) is 0 Å². The second kappa shape index (κ2) is 5.86. The van der Waals surface area contributed by atoms with Crippen LogP contribution in [0.3, 0.4) is 0 Å². The molecule has 2 nitrogen and oxygen atoms in total. The minimum atomic E-state index is 0.985. The molecule has 28 heavy (non-hydrogen) atoms. The largest absolute Gasteiger partial charge is 0.256 e. The Balaban J connectivity index is 1.63. The van der Waals surface area contributed by atoms with Gasteiger partial charge in [0, 0.05) is 33.3 Å². The monoisotopic (exact) mass is 356 g/mol. The fraction of sp³-hybridized carbons (Fsp3) is 0. The maximum atomic E-state index is 5.04. The summed E-state index contributed by atoms with van der Waals surface area (Å²) < 4.78 is 0. The molecule has 0 saturated heterocycles. The normalized spacial score (nSPS) is 11.6. The summed E-state index contributed by atoms with van der Waals surface area (Å²) in [6.07, 6.45) is 1.86. The van der Waals surface area contributed by atoms with Crippen LogP contribution < -0.4 is 0 Å². The zero-order valence-corrected chi connectivity index (χ0v) is 15.1. The van der Waals surface area contributed by atoms with E-state index in [2.05, 4.69) is 89.9 Å². The van der Waals surface area contributed by atoms with Crippen molar-refractivity contribution in [2.75, 3.05) is 0 Å². The van der Waals surface area contributed by atoms with E-state index in [1.807, 2.05) is 12.3 Å². The summed E-state index contributed by atoms with van der Waals surface area (Å²) in [5.74, 6) is 0. The Hall–Kier alpha value is -3.78. The Kier molecular flexibility index (Phi) is 3.20. The predicted molar refractivity (Wildman–Crippen MR) is 117 cm³/mol. The standard InChI is InChI=1S/C26H16N2/c1-2-6-22-17(4-1)7-11-20-13-14-24(28-26(20)22)21-12-9-18-8-10-19-5-3-15-27-25(19)23(18)16-21/h1-16H. The van der Waals surface area contributed by atoms with E-state index >= 15 is 0 Å². The first-order valence-corrected chi connectivity index (χ1v) is 9.43. The van der Waals surface area contributed by atoms with Crippen LogP contribution in [0.15, 0.2) is 97.2 Å². The van der Waals surface area contributed by atoms with Crippen molar-refractivity contribution in [3.63, 3.8) is 0 Å². The van der Waals surface area contributed by atoms with Crippen LogP contribution in [0.4, 0.5) is 0 Å². The molecule has 130 valence electrons. The van der Waals surface area contributed by atoms with Gasteiger partial charge in [0.25, 0.3) is 0 Å². The summed E-state index contributed by atoms with van der Waals surface area (Å²) in [4.78, 5) is 9.65. The van der Waals surface area contributed by atoms with Crippen LogP contribution in [-0.4, -0.2) is 9.97 Å². The van der Waals surface area contributed by atoms with Crippen LogP contribution in [0.5, 0.6) is 0 Å². The molecule has 0 radical (unpaired) electrons. The highest BCUT2D eigenvalue weighted by Gasteiger charge is 2.08. The van der Waals surface area contributed by atoms with E-state index in [9.17, 15) is 0 Å². The van der Waals surface area contributed by atoms with Gasteiger partial charge in [0.1, 0.15) is 0 Å². The van der Waals surface area contributed by atoms with Crippen LogP contribution in [0.2, 0.25) is 0 Å². The van der Waals surface area contributed by atoms with Gasteiger partial charge in [-0.05, 0) is 29.0 Å². The van der Waals surface area contributed by atoms with Gasteiger partial charge >= 0.3 is 0 Å². The van der Waals surface area contributed by atoms with E-state index in [1.54, 1.807) is 0 Å². The zero-order chi connectivity index (χ0) is 18.5. The molecule has 2 heterocycles. The van der Waals surface area contributed by atoms with E-state index in [0.717, 1.165) is 38.4 Å². The Bertz CT molecular complexity index is 1400. The van der Waals surface area contributed by atoms with Crippen LogP contribution >= 0.6 is 0 Å². The molecule has 0 aliphatic heterocycles. The summed E-state index contributed by atoms with van der Waals surface area (Å²) in [7, 11) is 0. The first kappa shape index (κ1) is 15.3. The summed E-state index contributed by atoms with van der Waals surface area (Å²) in [6.45, 7) is 0. The van der Waals surface area contributed by atoms with Crippen LogP contribution in [0.1, 0.15) is 0 Å². The van der Waals surface area contributed by atoms with E-state index in [-0.39, 0.29) is 0 Å². The zero-order valence-electron chi connectivity index (χ0n) is 15.1. The number of benzene rings is 4. The van der Waals surface area contributed by atoms with Crippen LogP contribution in [0, 0.1) is 0 Å². The lowest BCUT2D eigenvalue weighted by atomic mass is 10.0. The highest BCUT2D eigenvalue weighted by atomic mass is 14.7. The van der Waals surface area contributed by atoms with Crippen molar-refractivity contribution in [3.05, 3.63) is 97.2 Å². The van der Waals surface area contributed by atoms with Gasteiger partial charge in [-0.1, -0.05) is 72.8 Å². The molecular weight excluding hydrogens is 340 g/mol. The average Bonchev–Trinajstić information content (AvgIpc) is 2.78. The Labute approximate surface area is 162 Å². The fourth-order valence-corrected chi connectivity index (χ4v) is 4.04. The minimum Gasteiger partial charge on any atom is -0.256 e. The molecule has 0 spiro atoms. The quantitative estimate of drug-likeness (QED) is 0.304. The van der Waals surface area contributed by atoms with Gasteiger partial charge in [-0.2, -0.15) is 0 Å². The molecule has 4 aromatic carbocycles. The number of hydrogen-bond acceptors (Lipinski definition) is 2. The van der Waals surface area contributed by atoms with Crippen molar-refractivity contribution < 1.29 is 0 Å². The highest BCUT2D eigenvalue weighted by Crippen LogP contribution is 2.30. The first-order chi connectivity index (χ1) is 13.9. The summed E-state index contributed by atoms with van der Waals surface area (Å²) in [5, 5.41) is 7.08. The van der Waals surface area contributed by atoms with Gasteiger partial charge in [0.15, 0.2) is 0 Å². The molecule has 0 saturated carbocycles. The third-order valence-electron chi connectivity index (χ3n) is 5.47.